The van der Waals surface area contributed by atoms with Gasteiger partial charge in [-0.1, -0.05) is 6.92 Å². The molecule has 1 fully saturated rings. The zero-order valence-electron chi connectivity index (χ0n) is 20.0. The number of carbonyl (C=O) groups excluding carboxylic acids is 2. The molecule has 0 bridgehead atoms. The molecular weight excluding hydrogens is 519 g/mol. The van der Waals surface area contributed by atoms with E-state index in [-0.39, 0.29) is 41.4 Å². The quantitative estimate of drug-likeness (QED) is 0.477. The monoisotopic (exact) mass is 540 g/mol. The van der Waals surface area contributed by atoms with Gasteiger partial charge in [0.2, 0.25) is 11.3 Å². The molecule has 38 heavy (non-hydrogen) atoms. The van der Waals surface area contributed by atoms with E-state index in [2.05, 4.69) is 4.98 Å². The molecule has 1 aliphatic rings. The predicted octanol–water partition coefficient (Wildman–Crippen LogP) is 3.84. The molecule has 2 aromatic heterocycles. The van der Waals surface area contributed by atoms with E-state index < -0.39 is 53.6 Å². The molecule has 2 atom stereocenters. The number of hydrogen-bond donors (Lipinski definition) is 1. The number of benzene rings is 1. The van der Waals surface area contributed by atoms with E-state index in [0.29, 0.717) is 6.07 Å². The summed E-state index contributed by atoms with van der Waals surface area (Å²) in [5.41, 5.74) is -1.42. The summed E-state index contributed by atoms with van der Waals surface area (Å²) in [4.78, 5) is 43.4. The SMILES string of the molecule is CC[C@@H](NC(=O)Oc1cn(-c2ccc(F)cc2F)c2nc(N3C[C@@H](OC)CC3=O)ccc2c1=O)C(F)(F)F. The van der Waals surface area contributed by atoms with Gasteiger partial charge < -0.3 is 14.8 Å². The predicted molar refractivity (Wildman–Crippen MR) is 124 cm³/mol. The minimum atomic E-state index is -4.76. The standard InChI is InChI=1S/C24H21F5N4O5/c1-3-18(24(27,28)29)30-23(36)38-17-11-32(16-6-4-12(25)8-15(16)26)22-14(21(17)35)5-7-19(31-22)33-10-13(37-2)9-20(33)34/h4-8,11,13,18H,3,9-10H2,1-2H3,(H,30,36)/t13-,18+/m0/s1. The highest BCUT2D eigenvalue weighted by Crippen LogP contribution is 2.27. The third-order valence-electron chi connectivity index (χ3n) is 5.97. The number of carbonyl (C=O) groups is 2. The van der Waals surface area contributed by atoms with Crippen LogP contribution in [-0.4, -0.2) is 53.5 Å². The third kappa shape index (κ3) is 5.30. The first-order chi connectivity index (χ1) is 17.9. The highest BCUT2D eigenvalue weighted by Gasteiger charge is 2.40. The molecular formula is C24H21F5N4O5. The minimum absolute atomic E-state index is 0.0915. The Morgan fingerprint density at radius 1 is 1.21 bits per heavy atom. The van der Waals surface area contributed by atoms with Crippen LogP contribution in [0.15, 0.2) is 41.3 Å². The number of fused-ring (bicyclic) bond motifs is 1. The van der Waals surface area contributed by atoms with Gasteiger partial charge in [-0.05, 0) is 30.7 Å². The second-order valence-electron chi connectivity index (χ2n) is 8.43. The lowest BCUT2D eigenvalue weighted by Crippen LogP contribution is -2.46. The number of halogens is 5. The summed E-state index contributed by atoms with van der Waals surface area (Å²) in [6, 6.07) is 2.89. The Kier molecular flexibility index (Phi) is 7.35. The Morgan fingerprint density at radius 3 is 2.55 bits per heavy atom. The number of anilines is 1. The van der Waals surface area contributed by atoms with Gasteiger partial charge in [0.05, 0.1) is 36.3 Å². The van der Waals surface area contributed by atoms with Crippen LogP contribution in [0.4, 0.5) is 32.6 Å². The van der Waals surface area contributed by atoms with Crippen molar-refractivity contribution >= 4 is 28.9 Å². The van der Waals surface area contributed by atoms with Crippen molar-refractivity contribution in [1.29, 1.82) is 0 Å². The number of methoxy groups -OCH3 is 1. The van der Waals surface area contributed by atoms with Crippen molar-refractivity contribution in [2.24, 2.45) is 0 Å². The second kappa shape index (κ2) is 10.4. The first-order valence-electron chi connectivity index (χ1n) is 11.3. The topological polar surface area (TPSA) is 103 Å². The fourth-order valence-corrected chi connectivity index (χ4v) is 3.99. The number of nitrogens with one attached hydrogen (secondary N) is 1. The number of hydrogen-bond acceptors (Lipinski definition) is 6. The van der Waals surface area contributed by atoms with E-state index >= 15 is 0 Å². The number of amides is 2. The van der Waals surface area contributed by atoms with Crippen LogP contribution in [0.3, 0.4) is 0 Å². The van der Waals surface area contributed by atoms with Crippen LogP contribution in [0, 0.1) is 11.6 Å². The lowest BCUT2D eigenvalue weighted by atomic mass is 10.2. The Labute approximate surface area is 211 Å². The molecule has 1 aromatic carbocycles. The molecule has 0 spiro atoms. The lowest BCUT2D eigenvalue weighted by molar-refractivity contribution is -0.154. The summed E-state index contributed by atoms with van der Waals surface area (Å²) < 4.78 is 78.6. The van der Waals surface area contributed by atoms with Gasteiger partial charge in [-0.3, -0.25) is 19.1 Å². The summed E-state index contributed by atoms with van der Waals surface area (Å²) in [5, 5.41) is 1.43. The zero-order valence-corrected chi connectivity index (χ0v) is 20.0. The molecule has 9 nitrogen and oxygen atoms in total. The maximum Gasteiger partial charge on any atom is 0.413 e. The van der Waals surface area contributed by atoms with Gasteiger partial charge in [-0.2, -0.15) is 13.2 Å². The fraction of sp³-hybridized carbons (Fsp3) is 0.333. The summed E-state index contributed by atoms with van der Waals surface area (Å²) in [6.07, 6.45) is -6.26. The molecule has 202 valence electrons. The Balaban J connectivity index is 1.83. The van der Waals surface area contributed by atoms with Crippen LogP contribution < -0.4 is 20.4 Å². The molecule has 1 saturated heterocycles. The van der Waals surface area contributed by atoms with E-state index in [1.54, 1.807) is 5.32 Å². The van der Waals surface area contributed by atoms with Gasteiger partial charge in [0, 0.05) is 13.2 Å². The van der Waals surface area contributed by atoms with Crippen LogP contribution in [0.1, 0.15) is 19.8 Å². The zero-order chi connectivity index (χ0) is 27.8. The van der Waals surface area contributed by atoms with E-state index in [1.165, 1.54) is 31.1 Å². The van der Waals surface area contributed by atoms with Crippen molar-refractivity contribution in [2.45, 2.75) is 38.1 Å². The molecule has 0 radical (unpaired) electrons. The van der Waals surface area contributed by atoms with Crippen molar-refractivity contribution in [1.82, 2.24) is 14.9 Å². The van der Waals surface area contributed by atoms with Gasteiger partial charge >= 0.3 is 12.3 Å². The average Bonchev–Trinajstić information content (AvgIpc) is 3.24. The highest BCUT2D eigenvalue weighted by molar-refractivity contribution is 5.96. The largest absolute Gasteiger partial charge is 0.413 e. The second-order valence-corrected chi connectivity index (χ2v) is 8.43. The molecule has 1 N–H and O–H groups in total. The van der Waals surface area contributed by atoms with E-state index in [4.69, 9.17) is 9.47 Å². The number of pyridine rings is 2. The van der Waals surface area contributed by atoms with E-state index in [9.17, 15) is 36.3 Å². The van der Waals surface area contributed by atoms with Gasteiger partial charge in [-0.15, -0.1) is 0 Å². The number of ether oxygens (including phenoxy) is 2. The summed E-state index contributed by atoms with van der Waals surface area (Å²) >= 11 is 0. The average molecular weight is 540 g/mol. The lowest BCUT2D eigenvalue weighted by Gasteiger charge is -2.20. The highest BCUT2D eigenvalue weighted by atomic mass is 19.4. The molecule has 14 heteroatoms. The molecule has 2 amide bonds. The van der Waals surface area contributed by atoms with Crippen molar-refractivity contribution in [2.75, 3.05) is 18.6 Å². The van der Waals surface area contributed by atoms with E-state index in [1.807, 2.05) is 0 Å². The number of nitrogens with zero attached hydrogens (tertiary/aromatic N) is 3. The van der Waals surface area contributed by atoms with Crippen LogP contribution in [0.5, 0.6) is 5.75 Å². The van der Waals surface area contributed by atoms with Crippen molar-refractivity contribution < 1.29 is 41.0 Å². The first kappa shape index (κ1) is 27.0. The van der Waals surface area contributed by atoms with Gasteiger partial charge in [0.25, 0.3) is 0 Å². The summed E-state index contributed by atoms with van der Waals surface area (Å²) in [7, 11) is 1.44. The molecule has 0 unspecified atom stereocenters. The Morgan fingerprint density at radius 2 is 1.95 bits per heavy atom. The van der Waals surface area contributed by atoms with Gasteiger partial charge in [0.15, 0.2) is 11.4 Å². The van der Waals surface area contributed by atoms with Gasteiger partial charge in [0.1, 0.15) is 23.5 Å². The summed E-state index contributed by atoms with van der Waals surface area (Å²) in [6.45, 7) is 1.37. The Bertz CT molecular complexity index is 1460. The van der Waals surface area contributed by atoms with Crippen LogP contribution in [0.25, 0.3) is 16.7 Å². The number of alkyl halides is 3. The number of rotatable bonds is 6. The molecule has 1 aliphatic heterocycles. The molecule has 0 aliphatic carbocycles. The molecule has 4 rings (SSSR count). The van der Waals surface area contributed by atoms with Crippen LogP contribution in [-0.2, 0) is 9.53 Å². The Hall–Kier alpha value is -4.07. The summed E-state index contributed by atoms with van der Waals surface area (Å²) in [5.74, 6) is -2.90. The first-order valence-corrected chi connectivity index (χ1v) is 11.3. The van der Waals surface area contributed by atoms with Crippen molar-refractivity contribution in [3.63, 3.8) is 0 Å². The van der Waals surface area contributed by atoms with E-state index in [0.717, 1.165) is 22.9 Å². The maximum absolute atomic E-state index is 14.8. The fourth-order valence-electron chi connectivity index (χ4n) is 3.99. The number of aromatic nitrogens is 2. The van der Waals surface area contributed by atoms with Crippen LogP contribution >= 0.6 is 0 Å². The third-order valence-corrected chi connectivity index (χ3v) is 5.97. The normalized spacial score (nSPS) is 16.7. The molecule has 3 heterocycles. The maximum atomic E-state index is 14.8. The van der Waals surface area contributed by atoms with Gasteiger partial charge in [-0.25, -0.2) is 18.6 Å². The molecule has 0 saturated carbocycles. The van der Waals surface area contributed by atoms with Crippen LogP contribution in [0.2, 0.25) is 0 Å². The van der Waals surface area contributed by atoms with Crippen molar-refractivity contribution in [3.05, 3.63) is 58.4 Å². The van der Waals surface area contributed by atoms with Crippen molar-refractivity contribution in [3.8, 4) is 11.4 Å². The molecule has 3 aromatic rings. The smallest absolute Gasteiger partial charge is 0.405 e. The minimum Gasteiger partial charge on any atom is -0.405 e.